The van der Waals surface area contributed by atoms with E-state index in [1.54, 1.807) is 26.0 Å². The van der Waals surface area contributed by atoms with Gasteiger partial charge in [-0.25, -0.2) is 19.4 Å². The Balaban J connectivity index is 2.17. The molecule has 0 saturated carbocycles. The predicted octanol–water partition coefficient (Wildman–Crippen LogP) is 1.55. The lowest BCUT2D eigenvalue weighted by molar-refractivity contribution is -0.134. The van der Waals surface area contributed by atoms with Gasteiger partial charge in [-0.05, 0) is 38.1 Å². The van der Waals surface area contributed by atoms with Gasteiger partial charge in [0.2, 0.25) is 5.91 Å². The Kier molecular flexibility index (Phi) is 3.94. The zero-order valence-electron chi connectivity index (χ0n) is 16.1. The number of carbonyl (C=O) groups is 4. The average molecular weight is 374 g/mol. The number of rotatable bonds is 2. The molecule has 2 atom stereocenters. The SMILES string of the molecule is COc1ccc(C(=O)N2C(=O)N(C)[C@@]3(C)N(C)C(=O)N(C(C)=O)[C@@]23C)cc1. The van der Waals surface area contributed by atoms with Gasteiger partial charge in [0, 0.05) is 26.6 Å². The van der Waals surface area contributed by atoms with Crippen molar-refractivity contribution in [2.24, 2.45) is 0 Å². The molecule has 9 heteroatoms. The third kappa shape index (κ3) is 2.05. The molecular formula is C18H22N4O5. The van der Waals surface area contributed by atoms with E-state index in [-0.39, 0.29) is 5.56 Å². The number of nitrogens with zero attached hydrogens (tertiary/aromatic N) is 4. The highest BCUT2D eigenvalue weighted by atomic mass is 16.5. The molecule has 6 amide bonds. The Morgan fingerprint density at radius 3 is 1.81 bits per heavy atom. The van der Waals surface area contributed by atoms with E-state index >= 15 is 0 Å². The van der Waals surface area contributed by atoms with E-state index in [2.05, 4.69) is 0 Å². The summed E-state index contributed by atoms with van der Waals surface area (Å²) in [7, 11) is 4.52. The second-order valence-electron chi connectivity index (χ2n) is 6.95. The zero-order valence-corrected chi connectivity index (χ0v) is 16.1. The van der Waals surface area contributed by atoms with Crippen molar-refractivity contribution in [3.8, 4) is 5.75 Å². The molecule has 0 N–H and O–H groups in total. The van der Waals surface area contributed by atoms with Crippen LogP contribution in [0.5, 0.6) is 5.75 Å². The van der Waals surface area contributed by atoms with Crippen molar-refractivity contribution in [1.29, 1.82) is 0 Å². The Morgan fingerprint density at radius 1 is 0.889 bits per heavy atom. The molecule has 2 saturated heterocycles. The molecule has 0 aliphatic carbocycles. The van der Waals surface area contributed by atoms with Crippen LogP contribution in [-0.4, -0.2) is 76.0 Å². The maximum absolute atomic E-state index is 13.2. The van der Waals surface area contributed by atoms with Gasteiger partial charge in [-0.2, -0.15) is 0 Å². The molecule has 0 bridgehead atoms. The van der Waals surface area contributed by atoms with Gasteiger partial charge in [0.05, 0.1) is 7.11 Å². The van der Waals surface area contributed by atoms with Crippen LogP contribution in [0.15, 0.2) is 24.3 Å². The number of amides is 6. The smallest absolute Gasteiger partial charge is 0.330 e. The minimum absolute atomic E-state index is 0.244. The number of benzene rings is 1. The molecule has 1 aromatic carbocycles. The fourth-order valence-electron chi connectivity index (χ4n) is 4.02. The number of imide groups is 2. The van der Waals surface area contributed by atoms with Crippen molar-refractivity contribution in [1.82, 2.24) is 19.6 Å². The monoisotopic (exact) mass is 374 g/mol. The zero-order chi connectivity index (χ0) is 20.3. The maximum atomic E-state index is 13.2. The van der Waals surface area contributed by atoms with Crippen LogP contribution >= 0.6 is 0 Å². The molecule has 9 nitrogen and oxygen atoms in total. The summed E-state index contributed by atoms with van der Waals surface area (Å²) >= 11 is 0. The molecule has 0 unspecified atom stereocenters. The molecule has 2 fully saturated rings. The van der Waals surface area contributed by atoms with Crippen LogP contribution in [-0.2, 0) is 4.79 Å². The summed E-state index contributed by atoms with van der Waals surface area (Å²) in [6, 6.07) is 5.12. The molecule has 2 heterocycles. The number of carbonyl (C=O) groups excluding carboxylic acids is 4. The Morgan fingerprint density at radius 2 is 1.37 bits per heavy atom. The first-order chi connectivity index (χ1) is 12.5. The van der Waals surface area contributed by atoms with Crippen molar-refractivity contribution in [3.05, 3.63) is 29.8 Å². The minimum Gasteiger partial charge on any atom is -0.497 e. The van der Waals surface area contributed by atoms with Crippen LogP contribution in [0, 0.1) is 0 Å². The highest BCUT2D eigenvalue weighted by Gasteiger charge is 2.75. The van der Waals surface area contributed by atoms with Crippen molar-refractivity contribution in [3.63, 3.8) is 0 Å². The number of methoxy groups -OCH3 is 1. The summed E-state index contributed by atoms with van der Waals surface area (Å²) in [5.74, 6) is -0.586. The fourth-order valence-corrected chi connectivity index (χ4v) is 4.02. The predicted molar refractivity (Wildman–Crippen MR) is 94.8 cm³/mol. The van der Waals surface area contributed by atoms with Gasteiger partial charge < -0.3 is 14.5 Å². The quantitative estimate of drug-likeness (QED) is 0.783. The van der Waals surface area contributed by atoms with Crippen LogP contribution in [0.3, 0.4) is 0 Å². The number of likely N-dealkylation sites (N-methyl/N-ethyl adjacent to an activating group) is 2. The van der Waals surface area contributed by atoms with Gasteiger partial charge in [0.1, 0.15) is 5.75 Å². The highest BCUT2D eigenvalue weighted by molar-refractivity contribution is 6.09. The molecule has 2 aliphatic heterocycles. The molecule has 1 aromatic rings. The molecule has 144 valence electrons. The first-order valence-corrected chi connectivity index (χ1v) is 8.38. The third-order valence-electron chi connectivity index (χ3n) is 5.89. The van der Waals surface area contributed by atoms with Gasteiger partial charge in [0.15, 0.2) is 11.3 Å². The minimum atomic E-state index is -1.51. The van der Waals surface area contributed by atoms with E-state index in [1.807, 2.05) is 0 Å². The van der Waals surface area contributed by atoms with E-state index in [1.165, 1.54) is 50.1 Å². The normalized spacial score (nSPS) is 27.3. The molecule has 2 aliphatic rings. The summed E-state index contributed by atoms with van der Waals surface area (Å²) in [5.41, 5.74) is -2.48. The van der Waals surface area contributed by atoms with Crippen molar-refractivity contribution >= 4 is 23.9 Å². The Labute approximate surface area is 157 Å². The third-order valence-corrected chi connectivity index (χ3v) is 5.89. The molecule has 0 radical (unpaired) electrons. The van der Waals surface area contributed by atoms with Crippen LogP contribution in [0.1, 0.15) is 31.1 Å². The van der Waals surface area contributed by atoms with E-state index in [0.717, 1.165) is 9.80 Å². The number of urea groups is 2. The first kappa shape index (κ1) is 18.7. The van der Waals surface area contributed by atoms with Crippen molar-refractivity contribution in [2.75, 3.05) is 21.2 Å². The van der Waals surface area contributed by atoms with E-state index in [9.17, 15) is 19.2 Å². The lowest BCUT2D eigenvalue weighted by Gasteiger charge is -2.42. The lowest BCUT2D eigenvalue weighted by atomic mass is 9.94. The molecule has 27 heavy (non-hydrogen) atoms. The largest absolute Gasteiger partial charge is 0.497 e. The lowest BCUT2D eigenvalue weighted by Crippen LogP contribution is -2.65. The Bertz CT molecular complexity index is 854. The summed E-state index contributed by atoms with van der Waals surface area (Å²) in [6.45, 7) is 4.45. The van der Waals surface area contributed by atoms with Gasteiger partial charge in [-0.15, -0.1) is 0 Å². The summed E-state index contributed by atoms with van der Waals surface area (Å²) in [6.07, 6.45) is 0. The number of hydrogen-bond acceptors (Lipinski definition) is 5. The number of hydrogen-bond donors (Lipinski definition) is 0. The fraction of sp³-hybridized carbons (Fsp3) is 0.444. The summed E-state index contributed by atoms with van der Waals surface area (Å²) < 4.78 is 5.09. The number of fused-ring (bicyclic) bond motifs is 1. The number of ether oxygens (including phenoxy) is 1. The summed E-state index contributed by atoms with van der Waals surface area (Å²) in [4.78, 5) is 55.9. The molecular weight excluding hydrogens is 352 g/mol. The average Bonchev–Trinajstić information content (AvgIpc) is 2.89. The second kappa shape index (κ2) is 5.70. The van der Waals surface area contributed by atoms with E-state index in [0.29, 0.717) is 5.75 Å². The highest BCUT2D eigenvalue weighted by Crippen LogP contribution is 2.50. The standard InChI is InChI=1S/C18H22N4O5/c1-11(23)21-15(25)19(4)17(2)18(21,3)22(16(26)20(17)5)14(24)12-7-9-13(27-6)10-8-12/h7-10H,1-6H3/t17-,18+/m1/s1. The van der Waals surface area contributed by atoms with Gasteiger partial charge in [-0.3, -0.25) is 9.59 Å². The maximum Gasteiger partial charge on any atom is 0.330 e. The second-order valence-corrected chi connectivity index (χ2v) is 6.95. The molecule has 0 aromatic heterocycles. The van der Waals surface area contributed by atoms with Crippen LogP contribution in [0.2, 0.25) is 0 Å². The Hall–Kier alpha value is -3.10. The van der Waals surface area contributed by atoms with Crippen molar-refractivity contribution in [2.45, 2.75) is 32.1 Å². The van der Waals surface area contributed by atoms with Gasteiger partial charge in [-0.1, -0.05) is 0 Å². The first-order valence-electron chi connectivity index (χ1n) is 8.38. The van der Waals surface area contributed by atoms with Crippen LogP contribution in [0.4, 0.5) is 9.59 Å². The topological polar surface area (TPSA) is 90.5 Å². The van der Waals surface area contributed by atoms with E-state index in [4.69, 9.17) is 4.74 Å². The van der Waals surface area contributed by atoms with Gasteiger partial charge in [0.25, 0.3) is 5.91 Å². The van der Waals surface area contributed by atoms with Crippen molar-refractivity contribution < 1.29 is 23.9 Å². The van der Waals surface area contributed by atoms with Gasteiger partial charge >= 0.3 is 12.1 Å². The molecule has 0 spiro atoms. The van der Waals surface area contributed by atoms with E-state index < -0.39 is 35.2 Å². The molecule has 3 rings (SSSR count). The summed E-state index contributed by atoms with van der Waals surface area (Å²) in [5, 5.41) is 0. The van der Waals surface area contributed by atoms with Crippen LogP contribution < -0.4 is 4.74 Å². The van der Waals surface area contributed by atoms with Crippen LogP contribution in [0.25, 0.3) is 0 Å².